The van der Waals surface area contributed by atoms with Crippen LogP contribution in [-0.4, -0.2) is 17.3 Å². The first-order valence-electron chi connectivity index (χ1n) is 5.63. The smallest absolute Gasteiger partial charge is 0.220 e. The van der Waals surface area contributed by atoms with Crippen LogP contribution < -0.4 is 5.32 Å². The lowest BCUT2D eigenvalue weighted by Crippen LogP contribution is -2.38. The van der Waals surface area contributed by atoms with Gasteiger partial charge in [0.05, 0.1) is 5.54 Å². The zero-order valence-corrected chi connectivity index (χ0v) is 10.7. The first-order valence-corrected chi connectivity index (χ1v) is 7.05. The lowest BCUT2D eigenvalue weighted by atomic mass is 10.2. The van der Waals surface area contributed by atoms with Gasteiger partial charge in [-0.1, -0.05) is 6.07 Å². The highest BCUT2D eigenvalue weighted by Crippen LogP contribution is 2.36. The summed E-state index contributed by atoms with van der Waals surface area (Å²) in [5.74, 6) is 0.693. The maximum atomic E-state index is 11.6. The molecule has 1 aliphatic rings. The van der Waals surface area contributed by atoms with E-state index in [9.17, 15) is 4.79 Å². The third kappa shape index (κ3) is 3.22. The molecule has 0 aromatic carbocycles. The van der Waals surface area contributed by atoms with Crippen LogP contribution in [-0.2, 0) is 11.2 Å². The van der Waals surface area contributed by atoms with Crippen molar-refractivity contribution in [1.82, 2.24) is 5.32 Å². The Morgan fingerprint density at radius 2 is 2.38 bits per heavy atom. The standard InChI is InChI=1S/C12H16ClNOS/c13-9-12(6-7-12)14-11(15)5-1-3-10-4-2-8-16-10/h2,4,8H,1,3,5-7,9H2,(H,14,15). The lowest BCUT2D eigenvalue weighted by Gasteiger charge is -2.13. The number of nitrogens with one attached hydrogen (secondary N) is 1. The van der Waals surface area contributed by atoms with E-state index in [-0.39, 0.29) is 11.4 Å². The molecule has 0 bridgehead atoms. The highest BCUT2D eigenvalue weighted by atomic mass is 35.5. The van der Waals surface area contributed by atoms with Crippen molar-refractivity contribution in [2.24, 2.45) is 0 Å². The van der Waals surface area contributed by atoms with Crippen LogP contribution in [0.15, 0.2) is 17.5 Å². The molecule has 1 aliphatic carbocycles. The highest BCUT2D eigenvalue weighted by Gasteiger charge is 2.42. The van der Waals surface area contributed by atoms with Gasteiger partial charge in [-0.05, 0) is 37.1 Å². The summed E-state index contributed by atoms with van der Waals surface area (Å²) in [5, 5.41) is 5.10. The second-order valence-corrected chi connectivity index (χ2v) is 5.69. The van der Waals surface area contributed by atoms with Crippen LogP contribution in [0.3, 0.4) is 0 Å². The molecule has 1 heterocycles. The summed E-state index contributed by atoms with van der Waals surface area (Å²) < 4.78 is 0. The van der Waals surface area contributed by atoms with Gasteiger partial charge in [0.25, 0.3) is 0 Å². The second kappa shape index (κ2) is 5.19. The molecule has 1 aromatic heterocycles. The van der Waals surface area contributed by atoms with Crippen LogP contribution in [0.25, 0.3) is 0 Å². The van der Waals surface area contributed by atoms with Gasteiger partial charge in [0, 0.05) is 17.2 Å². The van der Waals surface area contributed by atoms with Gasteiger partial charge in [-0.3, -0.25) is 4.79 Å². The van der Waals surface area contributed by atoms with Crippen molar-refractivity contribution >= 4 is 28.8 Å². The number of alkyl halides is 1. The van der Waals surface area contributed by atoms with Crippen LogP contribution in [0.1, 0.15) is 30.6 Å². The summed E-state index contributed by atoms with van der Waals surface area (Å²) in [6.45, 7) is 0. The van der Waals surface area contributed by atoms with E-state index in [2.05, 4.69) is 16.8 Å². The van der Waals surface area contributed by atoms with Crippen molar-refractivity contribution in [1.29, 1.82) is 0 Å². The fraction of sp³-hybridized carbons (Fsp3) is 0.583. The average Bonchev–Trinajstić information content (AvgIpc) is 2.85. The van der Waals surface area contributed by atoms with Crippen LogP contribution >= 0.6 is 22.9 Å². The second-order valence-electron chi connectivity index (χ2n) is 4.40. The number of amides is 1. The molecule has 16 heavy (non-hydrogen) atoms. The monoisotopic (exact) mass is 257 g/mol. The van der Waals surface area contributed by atoms with Gasteiger partial charge < -0.3 is 5.32 Å². The summed E-state index contributed by atoms with van der Waals surface area (Å²) in [7, 11) is 0. The molecular weight excluding hydrogens is 242 g/mol. The van der Waals surface area contributed by atoms with E-state index in [0.717, 1.165) is 25.7 Å². The predicted molar refractivity (Wildman–Crippen MR) is 68.1 cm³/mol. The van der Waals surface area contributed by atoms with Crippen molar-refractivity contribution in [3.05, 3.63) is 22.4 Å². The fourth-order valence-corrected chi connectivity index (χ4v) is 2.76. The predicted octanol–water partition coefficient (Wildman–Crippen LogP) is 2.96. The molecular formula is C12H16ClNOS. The molecule has 88 valence electrons. The van der Waals surface area contributed by atoms with Crippen LogP contribution in [0.2, 0.25) is 0 Å². The Bertz CT molecular complexity index is 346. The van der Waals surface area contributed by atoms with Crippen LogP contribution in [0.4, 0.5) is 0 Å². The Balaban J connectivity index is 1.64. The molecule has 0 unspecified atom stereocenters. The van der Waals surface area contributed by atoms with E-state index >= 15 is 0 Å². The Morgan fingerprint density at radius 1 is 1.56 bits per heavy atom. The first kappa shape index (κ1) is 11.9. The number of carbonyl (C=O) groups is 1. The molecule has 1 N–H and O–H groups in total. The van der Waals surface area contributed by atoms with Gasteiger partial charge in [-0.25, -0.2) is 0 Å². The SMILES string of the molecule is O=C(CCCc1cccs1)NC1(CCl)CC1. The average molecular weight is 258 g/mol. The summed E-state index contributed by atoms with van der Waals surface area (Å²) in [6, 6.07) is 4.16. The van der Waals surface area contributed by atoms with E-state index in [4.69, 9.17) is 11.6 Å². The molecule has 0 radical (unpaired) electrons. The number of hydrogen-bond acceptors (Lipinski definition) is 2. The third-order valence-electron chi connectivity index (χ3n) is 2.92. The van der Waals surface area contributed by atoms with Crippen LogP contribution in [0.5, 0.6) is 0 Å². The number of rotatable bonds is 6. The molecule has 0 spiro atoms. The van der Waals surface area contributed by atoms with Crippen molar-refractivity contribution in [2.75, 3.05) is 5.88 Å². The van der Waals surface area contributed by atoms with Gasteiger partial charge in [-0.2, -0.15) is 0 Å². The Morgan fingerprint density at radius 3 is 2.94 bits per heavy atom. The summed E-state index contributed by atoms with van der Waals surface area (Å²) >= 11 is 7.55. The minimum Gasteiger partial charge on any atom is -0.349 e. The Labute approximate surface area is 105 Å². The van der Waals surface area contributed by atoms with E-state index in [1.165, 1.54) is 4.88 Å². The zero-order chi connectivity index (χ0) is 11.4. The van der Waals surface area contributed by atoms with E-state index in [1.54, 1.807) is 11.3 Å². The fourth-order valence-electron chi connectivity index (χ4n) is 1.68. The quantitative estimate of drug-likeness (QED) is 0.780. The molecule has 1 amide bonds. The molecule has 1 aromatic rings. The van der Waals surface area contributed by atoms with Gasteiger partial charge >= 0.3 is 0 Å². The van der Waals surface area contributed by atoms with Crippen LogP contribution in [0, 0.1) is 0 Å². The number of thiophene rings is 1. The summed E-state index contributed by atoms with van der Waals surface area (Å²) in [6.07, 6.45) is 4.60. The van der Waals surface area contributed by atoms with Gasteiger partial charge in [0.1, 0.15) is 0 Å². The maximum absolute atomic E-state index is 11.6. The van der Waals surface area contributed by atoms with Gasteiger partial charge in [-0.15, -0.1) is 22.9 Å². The normalized spacial score (nSPS) is 17.1. The molecule has 0 aliphatic heterocycles. The Kier molecular flexibility index (Phi) is 3.87. The first-order chi connectivity index (χ1) is 7.74. The van der Waals surface area contributed by atoms with Gasteiger partial charge in [0.15, 0.2) is 0 Å². The molecule has 0 saturated heterocycles. The lowest BCUT2D eigenvalue weighted by molar-refractivity contribution is -0.121. The largest absolute Gasteiger partial charge is 0.349 e. The van der Waals surface area contributed by atoms with Crippen molar-refractivity contribution in [2.45, 2.75) is 37.6 Å². The number of aryl methyl sites for hydroxylation is 1. The van der Waals surface area contributed by atoms with E-state index in [0.29, 0.717) is 12.3 Å². The van der Waals surface area contributed by atoms with Crippen molar-refractivity contribution < 1.29 is 4.79 Å². The van der Waals surface area contributed by atoms with E-state index in [1.807, 2.05) is 6.07 Å². The molecule has 0 atom stereocenters. The Hall–Kier alpha value is -0.540. The minimum absolute atomic E-state index is 0.0540. The molecule has 1 saturated carbocycles. The van der Waals surface area contributed by atoms with E-state index < -0.39 is 0 Å². The number of carbonyl (C=O) groups excluding carboxylic acids is 1. The number of halogens is 1. The van der Waals surface area contributed by atoms with Crippen molar-refractivity contribution in [3.8, 4) is 0 Å². The number of hydrogen-bond donors (Lipinski definition) is 1. The van der Waals surface area contributed by atoms with Crippen molar-refractivity contribution in [3.63, 3.8) is 0 Å². The third-order valence-corrected chi connectivity index (χ3v) is 4.37. The topological polar surface area (TPSA) is 29.1 Å². The van der Waals surface area contributed by atoms with Gasteiger partial charge in [0.2, 0.25) is 5.91 Å². The summed E-state index contributed by atoms with van der Waals surface area (Å²) in [4.78, 5) is 13.0. The highest BCUT2D eigenvalue weighted by molar-refractivity contribution is 7.09. The molecule has 1 fully saturated rings. The maximum Gasteiger partial charge on any atom is 0.220 e. The molecule has 4 heteroatoms. The zero-order valence-electron chi connectivity index (χ0n) is 9.17. The molecule has 2 rings (SSSR count). The summed E-state index contributed by atoms with van der Waals surface area (Å²) in [5.41, 5.74) is -0.0540. The molecule has 2 nitrogen and oxygen atoms in total. The minimum atomic E-state index is -0.0540.